The van der Waals surface area contributed by atoms with Crippen LogP contribution in [0.5, 0.6) is 0 Å². The zero-order valence-corrected chi connectivity index (χ0v) is 12.0. The molecule has 1 rings (SSSR count). The van der Waals surface area contributed by atoms with Crippen molar-refractivity contribution in [3.05, 3.63) is 34.9 Å². The molecule has 18 heavy (non-hydrogen) atoms. The molecule has 0 saturated heterocycles. The van der Waals surface area contributed by atoms with Crippen LogP contribution < -0.4 is 0 Å². The molecule has 0 saturated carbocycles. The summed E-state index contributed by atoms with van der Waals surface area (Å²) in [5.41, 5.74) is 0.997. The molecule has 0 radical (unpaired) electrons. The van der Waals surface area contributed by atoms with E-state index in [0.717, 1.165) is 5.56 Å². The average molecular weight is 286 g/mol. The quantitative estimate of drug-likeness (QED) is 0.594. The van der Waals surface area contributed by atoms with Crippen LogP contribution in [0.25, 0.3) is 0 Å². The van der Waals surface area contributed by atoms with Crippen molar-refractivity contribution in [2.75, 3.05) is 13.4 Å². The van der Waals surface area contributed by atoms with E-state index in [1.807, 2.05) is 30.5 Å². The van der Waals surface area contributed by atoms with Crippen LogP contribution in [0.1, 0.15) is 18.4 Å². The number of thioether (sulfide) groups is 1. The van der Waals surface area contributed by atoms with Gasteiger partial charge in [-0.25, -0.2) is 0 Å². The Morgan fingerprint density at radius 1 is 1.50 bits per heavy atom. The number of hydrogen-bond donors (Lipinski definition) is 0. The van der Waals surface area contributed by atoms with Crippen molar-refractivity contribution in [3.63, 3.8) is 0 Å². The van der Waals surface area contributed by atoms with E-state index in [-0.39, 0.29) is 11.3 Å². The van der Waals surface area contributed by atoms with E-state index in [0.29, 0.717) is 17.9 Å². The molecule has 0 aliphatic rings. The van der Waals surface area contributed by atoms with E-state index in [1.54, 1.807) is 18.0 Å². The minimum absolute atomic E-state index is 0.0692. The molecule has 0 aromatic heterocycles. The van der Waals surface area contributed by atoms with Gasteiger partial charge in [-0.3, -0.25) is 9.79 Å². The summed E-state index contributed by atoms with van der Waals surface area (Å²) in [6.07, 6.45) is 4.84. The monoisotopic (exact) mass is 285 g/mol. The second-order valence-electron chi connectivity index (χ2n) is 3.63. The van der Waals surface area contributed by atoms with Gasteiger partial charge in [0.2, 0.25) is 0 Å². The first-order chi connectivity index (χ1) is 8.65. The van der Waals surface area contributed by atoms with E-state index in [9.17, 15) is 4.79 Å². The fraction of sp³-hybridized carbons (Fsp3) is 0.385. The van der Waals surface area contributed by atoms with Crippen LogP contribution in [0, 0.1) is 0 Å². The second kappa shape index (κ2) is 8.16. The minimum Gasteiger partial charge on any atom is -0.469 e. The third kappa shape index (κ3) is 5.56. The van der Waals surface area contributed by atoms with Crippen LogP contribution in [-0.4, -0.2) is 30.9 Å². The number of nitrogens with zero attached hydrogens (tertiary/aromatic N) is 1. The maximum atomic E-state index is 11.0. The first kappa shape index (κ1) is 15.1. The van der Waals surface area contributed by atoms with E-state index in [4.69, 9.17) is 11.6 Å². The molecule has 1 aromatic rings. The van der Waals surface area contributed by atoms with E-state index >= 15 is 0 Å². The molecule has 98 valence electrons. The number of carbonyl (C=O) groups is 1. The van der Waals surface area contributed by atoms with Gasteiger partial charge in [0.05, 0.1) is 12.5 Å². The van der Waals surface area contributed by atoms with Crippen LogP contribution in [-0.2, 0) is 9.53 Å². The van der Waals surface area contributed by atoms with Gasteiger partial charge in [0.1, 0.15) is 0 Å². The van der Waals surface area contributed by atoms with Gasteiger partial charge in [0.15, 0.2) is 0 Å². The maximum absolute atomic E-state index is 11.0. The van der Waals surface area contributed by atoms with Gasteiger partial charge < -0.3 is 4.74 Å². The van der Waals surface area contributed by atoms with Crippen LogP contribution in [0.2, 0.25) is 5.02 Å². The Hall–Kier alpha value is -1.000. The highest BCUT2D eigenvalue weighted by Crippen LogP contribution is 2.15. The van der Waals surface area contributed by atoms with Crippen molar-refractivity contribution in [1.82, 2.24) is 0 Å². The molecule has 0 amide bonds. The third-order valence-corrected chi connectivity index (χ3v) is 3.51. The van der Waals surface area contributed by atoms with Crippen molar-refractivity contribution < 1.29 is 9.53 Å². The lowest BCUT2D eigenvalue weighted by Crippen LogP contribution is -2.06. The molecular weight excluding hydrogens is 270 g/mol. The summed E-state index contributed by atoms with van der Waals surface area (Å²) in [6.45, 7) is 0. The van der Waals surface area contributed by atoms with Gasteiger partial charge in [0, 0.05) is 17.7 Å². The van der Waals surface area contributed by atoms with Crippen LogP contribution in [0.4, 0.5) is 0 Å². The first-order valence-electron chi connectivity index (χ1n) is 5.54. The van der Waals surface area contributed by atoms with Crippen LogP contribution >= 0.6 is 23.4 Å². The Labute approximate surface area is 117 Å². The zero-order valence-electron chi connectivity index (χ0n) is 10.4. The normalized spacial score (nSPS) is 12.6. The summed E-state index contributed by atoms with van der Waals surface area (Å²) in [7, 11) is 1.40. The summed E-state index contributed by atoms with van der Waals surface area (Å²) >= 11 is 7.42. The standard InChI is InChI=1S/C13H16ClNO2S/c1-17-13(16)8-7-12(18-2)15-9-10-3-5-11(14)6-4-10/h3-6,9,12H,7-8H2,1-2H3. The lowest BCUT2D eigenvalue weighted by Gasteiger charge is -2.08. The molecule has 0 N–H and O–H groups in total. The highest BCUT2D eigenvalue weighted by Gasteiger charge is 2.07. The van der Waals surface area contributed by atoms with Crippen molar-refractivity contribution >= 4 is 35.5 Å². The predicted molar refractivity (Wildman–Crippen MR) is 77.6 cm³/mol. The fourth-order valence-electron chi connectivity index (χ4n) is 1.31. The molecule has 1 unspecified atom stereocenters. The van der Waals surface area contributed by atoms with E-state index in [2.05, 4.69) is 9.73 Å². The van der Waals surface area contributed by atoms with Crippen molar-refractivity contribution in [1.29, 1.82) is 0 Å². The number of methoxy groups -OCH3 is 1. The van der Waals surface area contributed by atoms with Crippen molar-refractivity contribution in [2.24, 2.45) is 4.99 Å². The Bertz CT molecular complexity index is 406. The Kier molecular flexibility index (Phi) is 6.83. The lowest BCUT2D eigenvalue weighted by molar-refractivity contribution is -0.140. The smallest absolute Gasteiger partial charge is 0.305 e. The summed E-state index contributed by atoms with van der Waals surface area (Å²) in [5, 5.41) is 0.777. The highest BCUT2D eigenvalue weighted by molar-refractivity contribution is 7.99. The Morgan fingerprint density at radius 2 is 2.17 bits per heavy atom. The number of rotatable bonds is 6. The number of aliphatic imine (C=N–C) groups is 1. The summed E-state index contributed by atoms with van der Waals surface area (Å²) in [5.74, 6) is -0.198. The molecule has 3 nitrogen and oxygen atoms in total. The molecule has 1 aromatic carbocycles. The summed E-state index contributed by atoms with van der Waals surface area (Å²) in [6, 6.07) is 7.46. The van der Waals surface area contributed by atoms with Gasteiger partial charge in [-0.1, -0.05) is 23.7 Å². The zero-order chi connectivity index (χ0) is 13.4. The number of ether oxygens (including phenoxy) is 1. The van der Waals surface area contributed by atoms with Crippen molar-refractivity contribution in [3.8, 4) is 0 Å². The Balaban J connectivity index is 2.51. The van der Waals surface area contributed by atoms with E-state index < -0.39 is 0 Å². The van der Waals surface area contributed by atoms with Gasteiger partial charge in [-0.15, -0.1) is 11.8 Å². The number of hydrogen-bond acceptors (Lipinski definition) is 4. The number of esters is 1. The molecule has 0 aliphatic heterocycles. The number of halogens is 1. The molecule has 0 bridgehead atoms. The summed E-state index contributed by atoms with van der Waals surface area (Å²) in [4.78, 5) is 15.5. The van der Waals surface area contributed by atoms with Crippen molar-refractivity contribution in [2.45, 2.75) is 18.2 Å². The summed E-state index contributed by atoms with van der Waals surface area (Å²) < 4.78 is 4.61. The number of carbonyl (C=O) groups excluding carboxylic acids is 1. The first-order valence-corrected chi connectivity index (χ1v) is 7.20. The molecule has 0 fully saturated rings. The molecule has 0 heterocycles. The highest BCUT2D eigenvalue weighted by atomic mass is 35.5. The third-order valence-electron chi connectivity index (χ3n) is 2.36. The Morgan fingerprint density at radius 3 is 2.72 bits per heavy atom. The predicted octanol–water partition coefficient (Wildman–Crippen LogP) is 3.40. The van der Waals surface area contributed by atoms with Gasteiger partial charge in [-0.05, 0) is 30.4 Å². The SMILES string of the molecule is COC(=O)CCC(N=Cc1ccc(Cl)cc1)SC. The molecular formula is C13H16ClNO2S. The topological polar surface area (TPSA) is 38.7 Å². The largest absolute Gasteiger partial charge is 0.469 e. The molecule has 0 spiro atoms. The van der Waals surface area contributed by atoms with Gasteiger partial charge in [-0.2, -0.15) is 0 Å². The average Bonchev–Trinajstić information content (AvgIpc) is 2.40. The molecule has 1 atom stereocenters. The van der Waals surface area contributed by atoms with Crippen LogP contribution in [0.15, 0.2) is 29.3 Å². The maximum Gasteiger partial charge on any atom is 0.305 e. The van der Waals surface area contributed by atoms with E-state index in [1.165, 1.54) is 7.11 Å². The molecule has 0 aliphatic carbocycles. The molecule has 5 heteroatoms. The fourth-order valence-corrected chi connectivity index (χ4v) is 1.98. The lowest BCUT2D eigenvalue weighted by atomic mass is 10.2. The minimum atomic E-state index is -0.198. The van der Waals surface area contributed by atoms with Gasteiger partial charge in [0.25, 0.3) is 0 Å². The van der Waals surface area contributed by atoms with Crippen LogP contribution in [0.3, 0.4) is 0 Å². The van der Waals surface area contributed by atoms with Gasteiger partial charge >= 0.3 is 5.97 Å². The second-order valence-corrected chi connectivity index (χ2v) is 5.09. The number of benzene rings is 1.